The van der Waals surface area contributed by atoms with E-state index >= 15 is 0 Å². The zero-order valence-electron chi connectivity index (χ0n) is 19.0. The predicted octanol–water partition coefficient (Wildman–Crippen LogP) is 5.15. The minimum Gasteiger partial charge on any atom is -0.352 e. The van der Waals surface area contributed by atoms with Crippen LogP contribution in [0.15, 0.2) is 72.9 Å². The van der Waals surface area contributed by atoms with Crippen molar-refractivity contribution in [1.82, 2.24) is 15.3 Å². The first-order valence-electron chi connectivity index (χ1n) is 11.3. The standard InChI is InChI=1S/C27H21ClFN5O2/c28-19-5-10-22-23(14-19)33-24(35)13-18-15-31-27(34-25(18)22)32-21-8-3-17(4-9-21)26(36)30-12-11-16-1-6-20(29)7-2-16/h1-10,14-15H,11-13H2,(H,30,36)(H,33,35)(H,31,32,34). The lowest BCUT2D eigenvalue weighted by Gasteiger charge is -2.11. The Hall–Kier alpha value is -4.30. The molecular formula is C27H21ClFN5O2. The molecule has 4 aromatic rings. The molecule has 3 aromatic carbocycles. The second kappa shape index (κ2) is 10.1. The molecule has 1 aliphatic rings. The molecule has 7 nitrogen and oxygen atoms in total. The topological polar surface area (TPSA) is 96.0 Å². The van der Waals surface area contributed by atoms with Crippen LogP contribution in [0.25, 0.3) is 11.3 Å². The van der Waals surface area contributed by atoms with Gasteiger partial charge in [-0.05, 0) is 66.6 Å². The molecule has 0 unspecified atom stereocenters. The number of carbonyl (C=O) groups excluding carboxylic acids is 2. The fraction of sp³-hybridized carbons (Fsp3) is 0.111. The second-order valence-corrected chi connectivity index (χ2v) is 8.75. The summed E-state index contributed by atoms with van der Waals surface area (Å²) in [5.74, 6) is -0.277. The van der Waals surface area contributed by atoms with Crippen LogP contribution in [0.3, 0.4) is 0 Å². The monoisotopic (exact) mass is 501 g/mol. The number of halogens is 2. The van der Waals surface area contributed by atoms with Gasteiger partial charge in [-0.3, -0.25) is 9.59 Å². The number of carbonyl (C=O) groups is 2. The molecule has 1 aromatic heterocycles. The molecule has 180 valence electrons. The number of fused-ring (bicyclic) bond motifs is 3. The van der Waals surface area contributed by atoms with Crippen LogP contribution in [0.2, 0.25) is 5.02 Å². The van der Waals surface area contributed by atoms with E-state index in [9.17, 15) is 14.0 Å². The second-order valence-electron chi connectivity index (χ2n) is 8.32. The van der Waals surface area contributed by atoms with E-state index in [0.717, 1.165) is 11.1 Å². The van der Waals surface area contributed by atoms with Gasteiger partial charge in [0.25, 0.3) is 5.91 Å². The van der Waals surface area contributed by atoms with Crippen molar-refractivity contribution >= 4 is 40.7 Å². The lowest BCUT2D eigenvalue weighted by Crippen LogP contribution is -2.25. The van der Waals surface area contributed by atoms with Gasteiger partial charge < -0.3 is 16.0 Å². The molecule has 3 N–H and O–H groups in total. The maximum atomic E-state index is 13.0. The van der Waals surface area contributed by atoms with Crippen molar-refractivity contribution in [2.45, 2.75) is 12.8 Å². The Balaban J connectivity index is 1.26. The Morgan fingerprint density at radius 2 is 1.83 bits per heavy atom. The van der Waals surface area contributed by atoms with Gasteiger partial charge >= 0.3 is 0 Å². The number of anilines is 3. The average molecular weight is 502 g/mol. The number of hydrogen-bond donors (Lipinski definition) is 3. The molecule has 2 amide bonds. The summed E-state index contributed by atoms with van der Waals surface area (Å²) in [7, 11) is 0. The Morgan fingerprint density at radius 1 is 1.06 bits per heavy atom. The summed E-state index contributed by atoms with van der Waals surface area (Å²) in [6, 6.07) is 18.4. The highest BCUT2D eigenvalue weighted by Gasteiger charge is 2.21. The fourth-order valence-electron chi connectivity index (χ4n) is 3.93. The third kappa shape index (κ3) is 5.34. The van der Waals surface area contributed by atoms with Gasteiger partial charge in [0.15, 0.2) is 0 Å². The molecule has 0 saturated heterocycles. The number of rotatable bonds is 6. The highest BCUT2D eigenvalue weighted by Crippen LogP contribution is 2.34. The Morgan fingerprint density at radius 3 is 2.61 bits per heavy atom. The first kappa shape index (κ1) is 23.4. The van der Waals surface area contributed by atoms with E-state index in [-0.39, 0.29) is 24.1 Å². The highest BCUT2D eigenvalue weighted by molar-refractivity contribution is 6.31. The van der Waals surface area contributed by atoms with E-state index in [1.165, 1.54) is 12.1 Å². The summed E-state index contributed by atoms with van der Waals surface area (Å²) in [6.07, 6.45) is 2.40. The van der Waals surface area contributed by atoms with E-state index in [1.807, 2.05) is 6.07 Å². The van der Waals surface area contributed by atoms with Gasteiger partial charge in [-0.2, -0.15) is 0 Å². The molecule has 0 atom stereocenters. The smallest absolute Gasteiger partial charge is 0.251 e. The number of aromatic nitrogens is 2. The van der Waals surface area contributed by atoms with Gasteiger partial charge in [-0.1, -0.05) is 23.7 Å². The number of benzene rings is 3. The largest absolute Gasteiger partial charge is 0.352 e. The van der Waals surface area contributed by atoms with Crippen molar-refractivity contribution in [3.05, 3.63) is 100 Å². The maximum Gasteiger partial charge on any atom is 0.251 e. The molecule has 0 aliphatic carbocycles. The SMILES string of the molecule is O=C1Cc2cnc(Nc3ccc(C(=O)NCCc4ccc(F)cc4)cc3)nc2-c2ccc(Cl)cc2N1. The molecule has 0 bridgehead atoms. The number of hydrogen-bond acceptors (Lipinski definition) is 5. The normalized spacial score (nSPS) is 12.1. The van der Waals surface area contributed by atoms with Crippen LogP contribution in [-0.4, -0.2) is 28.3 Å². The number of nitrogens with zero attached hydrogens (tertiary/aromatic N) is 2. The minimum absolute atomic E-state index is 0.159. The van der Waals surface area contributed by atoms with E-state index in [1.54, 1.807) is 54.7 Å². The van der Waals surface area contributed by atoms with Gasteiger partial charge in [0, 0.05) is 40.1 Å². The molecule has 0 saturated carbocycles. The number of nitrogens with one attached hydrogen (secondary N) is 3. The predicted molar refractivity (Wildman–Crippen MR) is 137 cm³/mol. The lowest BCUT2D eigenvalue weighted by molar-refractivity contribution is -0.115. The molecule has 0 fully saturated rings. The van der Waals surface area contributed by atoms with Crippen LogP contribution >= 0.6 is 11.6 Å². The fourth-order valence-corrected chi connectivity index (χ4v) is 4.10. The van der Waals surface area contributed by atoms with Crippen molar-refractivity contribution in [3.63, 3.8) is 0 Å². The van der Waals surface area contributed by atoms with Crippen LogP contribution in [0.4, 0.5) is 21.7 Å². The summed E-state index contributed by atoms with van der Waals surface area (Å²) < 4.78 is 13.0. The summed E-state index contributed by atoms with van der Waals surface area (Å²) in [5.41, 5.74) is 4.89. The van der Waals surface area contributed by atoms with E-state index in [0.29, 0.717) is 52.1 Å². The highest BCUT2D eigenvalue weighted by atomic mass is 35.5. The van der Waals surface area contributed by atoms with Crippen LogP contribution in [-0.2, 0) is 17.6 Å². The lowest BCUT2D eigenvalue weighted by atomic mass is 10.1. The molecular weight excluding hydrogens is 481 g/mol. The molecule has 2 heterocycles. The zero-order chi connectivity index (χ0) is 25.1. The molecule has 1 aliphatic heterocycles. The maximum absolute atomic E-state index is 13.0. The van der Waals surface area contributed by atoms with Crippen molar-refractivity contribution in [2.24, 2.45) is 0 Å². The summed E-state index contributed by atoms with van der Waals surface area (Å²) in [6.45, 7) is 0.442. The molecule has 9 heteroatoms. The van der Waals surface area contributed by atoms with Gasteiger partial charge in [0.1, 0.15) is 5.82 Å². The van der Waals surface area contributed by atoms with Crippen molar-refractivity contribution < 1.29 is 14.0 Å². The third-order valence-electron chi connectivity index (χ3n) is 5.74. The van der Waals surface area contributed by atoms with E-state index in [2.05, 4.69) is 25.9 Å². The first-order chi connectivity index (χ1) is 17.4. The van der Waals surface area contributed by atoms with Gasteiger partial charge in [-0.25, -0.2) is 14.4 Å². The van der Waals surface area contributed by atoms with E-state index < -0.39 is 0 Å². The van der Waals surface area contributed by atoms with Gasteiger partial charge in [-0.15, -0.1) is 0 Å². The molecule has 5 rings (SSSR count). The van der Waals surface area contributed by atoms with Crippen LogP contribution < -0.4 is 16.0 Å². The van der Waals surface area contributed by atoms with Crippen molar-refractivity contribution in [2.75, 3.05) is 17.2 Å². The summed E-state index contributed by atoms with van der Waals surface area (Å²) in [4.78, 5) is 33.7. The third-order valence-corrected chi connectivity index (χ3v) is 5.98. The van der Waals surface area contributed by atoms with E-state index in [4.69, 9.17) is 11.6 Å². The quantitative estimate of drug-likeness (QED) is 0.340. The molecule has 0 radical (unpaired) electrons. The Labute approximate surface area is 211 Å². The van der Waals surface area contributed by atoms with Gasteiger partial charge in [0.2, 0.25) is 11.9 Å². The van der Waals surface area contributed by atoms with Crippen LogP contribution in [0.5, 0.6) is 0 Å². The molecule has 36 heavy (non-hydrogen) atoms. The number of amides is 2. The summed E-state index contributed by atoms with van der Waals surface area (Å²) >= 11 is 6.10. The summed E-state index contributed by atoms with van der Waals surface area (Å²) in [5, 5.41) is 9.39. The Kier molecular flexibility index (Phi) is 6.60. The van der Waals surface area contributed by atoms with Crippen molar-refractivity contribution in [1.29, 1.82) is 0 Å². The average Bonchev–Trinajstić information content (AvgIpc) is 3.00. The van der Waals surface area contributed by atoms with Crippen molar-refractivity contribution in [3.8, 4) is 11.3 Å². The minimum atomic E-state index is -0.283. The van der Waals surface area contributed by atoms with Crippen LogP contribution in [0.1, 0.15) is 21.5 Å². The van der Waals surface area contributed by atoms with Gasteiger partial charge in [0.05, 0.1) is 17.8 Å². The first-order valence-corrected chi connectivity index (χ1v) is 11.7. The Bertz CT molecular complexity index is 1440. The van der Waals surface area contributed by atoms with Crippen LogP contribution in [0, 0.1) is 5.82 Å². The molecule has 0 spiro atoms. The zero-order valence-corrected chi connectivity index (χ0v) is 19.8.